The summed E-state index contributed by atoms with van der Waals surface area (Å²) in [6.45, 7) is -0.812. The van der Waals surface area contributed by atoms with Crippen LogP contribution in [0, 0.1) is 17.5 Å². The third kappa shape index (κ3) is 5.81. The average Bonchev–Trinajstić information content (AvgIpc) is 2.59. The Bertz CT molecular complexity index is 992. The van der Waals surface area contributed by atoms with E-state index in [-0.39, 0.29) is 11.3 Å². The molecule has 0 aliphatic rings. The van der Waals surface area contributed by atoms with Gasteiger partial charge in [0.25, 0.3) is 5.91 Å². The first-order chi connectivity index (χ1) is 12.6. The van der Waals surface area contributed by atoms with Crippen molar-refractivity contribution < 1.29 is 35.9 Å². The summed E-state index contributed by atoms with van der Waals surface area (Å²) in [6, 6.07) is 7.08. The molecule has 1 N–H and O–H groups in total. The van der Waals surface area contributed by atoms with Gasteiger partial charge in [0.05, 0.1) is 17.0 Å². The fourth-order valence-electron chi connectivity index (χ4n) is 2.11. The molecule has 0 spiro atoms. The summed E-state index contributed by atoms with van der Waals surface area (Å²) in [5.41, 5.74) is -0.228. The zero-order valence-corrected chi connectivity index (χ0v) is 14.8. The van der Waals surface area contributed by atoms with Crippen molar-refractivity contribution in [3.05, 3.63) is 65.0 Å². The standard InChI is InChI=1S/C17H14F3NO5S/c1-27(24,25)9-10-3-2-4-11(7-10)17(23)26-8-14(22)21-13-6-5-12(18)15(19)16(13)20/h2-7H,8-9H2,1H3,(H,21,22). The van der Waals surface area contributed by atoms with E-state index in [1.807, 2.05) is 5.32 Å². The number of rotatable bonds is 6. The van der Waals surface area contributed by atoms with Gasteiger partial charge in [0.2, 0.25) is 0 Å². The molecule has 1 amide bonds. The Labute approximate surface area is 152 Å². The highest BCUT2D eigenvalue weighted by Crippen LogP contribution is 2.19. The molecular weight excluding hydrogens is 387 g/mol. The highest BCUT2D eigenvalue weighted by atomic mass is 32.2. The first kappa shape index (κ1) is 20.4. The van der Waals surface area contributed by atoms with Crippen molar-refractivity contribution in [1.82, 2.24) is 0 Å². The summed E-state index contributed by atoms with van der Waals surface area (Å²) in [5.74, 6) is -6.89. The zero-order chi connectivity index (χ0) is 20.2. The molecule has 0 aliphatic carbocycles. The number of sulfone groups is 1. The lowest BCUT2D eigenvalue weighted by atomic mass is 10.1. The SMILES string of the molecule is CS(=O)(=O)Cc1cccc(C(=O)OCC(=O)Nc2ccc(F)c(F)c2F)c1. The van der Waals surface area contributed by atoms with Crippen molar-refractivity contribution in [3.63, 3.8) is 0 Å². The number of anilines is 1. The Morgan fingerprint density at radius 2 is 1.78 bits per heavy atom. The molecule has 27 heavy (non-hydrogen) atoms. The number of nitrogens with one attached hydrogen (secondary N) is 1. The van der Waals surface area contributed by atoms with Gasteiger partial charge >= 0.3 is 5.97 Å². The predicted octanol–water partition coefficient (Wildman–Crippen LogP) is 2.44. The highest BCUT2D eigenvalue weighted by molar-refractivity contribution is 7.89. The van der Waals surface area contributed by atoms with Crippen molar-refractivity contribution in [2.75, 3.05) is 18.2 Å². The van der Waals surface area contributed by atoms with Crippen LogP contribution in [0.5, 0.6) is 0 Å². The molecule has 10 heteroatoms. The minimum atomic E-state index is -3.30. The fourth-order valence-corrected chi connectivity index (χ4v) is 2.90. The number of amides is 1. The molecule has 6 nitrogen and oxygen atoms in total. The first-order valence-electron chi connectivity index (χ1n) is 7.44. The number of carbonyl (C=O) groups excluding carboxylic acids is 2. The summed E-state index contributed by atoms with van der Waals surface area (Å²) in [5, 5.41) is 1.95. The van der Waals surface area contributed by atoms with Crippen LogP contribution in [0.3, 0.4) is 0 Å². The van der Waals surface area contributed by atoms with Crippen molar-refractivity contribution in [2.24, 2.45) is 0 Å². The molecule has 2 aromatic rings. The topological polar surface area (TPSA) is 89.5 Å². The molecule has 0 saturated heterocycles. The van der Waals surface area contributed by atoms with Gasteiger partial charge in [0, 0.05) is 6.26 Å². The Balaban J connectivity index is 1.98. The van der Waals surface area contributed by atoms with Crippen LogP contribution in [0.1, 0.15) is 15.9 Å². The lowest BCUT2D eigenvalue weighted by Crippen LogP contribution is -2.22. The zero-order valence-electron chi connectivity index (χ0n) is 14.0. The van der Waals surface area contributed by atoms with Gasteiger partial charge in [-0.3, -0.25) is 4.79 Å². The lowest BCUT2D eigenvalue weighted by Gasteiger charge is -2.09. The van der Waals surface area contributed by atoms with Crippen LogP contribution < -0.4 is 5.32 Å². The van der Waals surface area contributed by atoms with Crippen LogP contribution >= 0.6 is 0 Å². The minimum absolute atomic E-state index is 0.0166. The molecule has 0 heterocycles. The summed E-state index contributed by atoms with van der Waals surface area (Å²) < 4.78 is 66.8. The average molecular weight is 401 g/mol. The van der Waals surface area contributed by atoms with Crippen LogP contribution in [0.4, 0.5) is 18.9 Å². The third-order valence-electron chi connectivity index (χ3n) is 3.24. The number of carbonyl (C=O) groups is 2. The van der Waals surface area contributed by atoms with E-state index in [0.29, 0.717) is 11.6 Å². The molecule has 0 aliphatic heterocycles. The van der Waals surface area contributed by atoms with Gasteiger partial charge in [0.15, 0.2) is 33.9 Å². The number of hydrogen-bond donors (Lipinski definition) is 1. The van der Waals surface area contributed by atoms with Crippen LogP contribution in [0.2, 0.25) is 0 Å². The van der Waals surface area contributed by atoms with Crippen molar-refractivity contribution in [2.45, 2.75) is 5.75 Å². The molecule has 0 radical (unpaired) electrons. The maximum absolute atomic E-state index is 13.5. The molecule has 0 fully saturated rings. The van der Waals surface area contributed by atoms with E-state index in [1.54, 1.807) is 0 Å². The van der Waals surface area contributed by atoms with E-state index in [0.717, 1.165) is 12.3 Å². The maximum atomic E-state index is 13.5. The van der Waals surface area contributed by atoms with Crippen molar-refractivity contribution in [1.29, 1.82) is 0 Å². The second-order valence-corrected chi connectivity index (χ2v) is 7.76. The Morgan fingerprint density at radius 3 is 2.44 bits per heavy atom. The van der Waals surface area contributed by atoms with E-state index in [2.05, 4.69) is 0 Å². The molecule has 2 rings (SSSR count). The van der Waals surface area contributed by atoms with E-state index in [9.17, 15) is 31.2 Å². The number of benzene rings is 2. The van der Waals surface area contributed by atoms with Gasteiger partial charge in [-0.2, -0.15) is 0 Å². The molecule has 0 unspecified atom stereocenters. The minimum Gasteiger partial charge on any atom is -0.452 e. The molecule has 0 aromatic heterocycles. The van der Waals surface area contributed by atoms with E-state index in [1.165, 1.54) is 24.3 Å². The second-order valence-electron chi connectivity index (χ2n) is 5.62. The van der Waals surface area contributed by atoms with Gasteiger partial charge in [-0.05, 0) is 29.8 Å². The molecule has 144 valence electrons. The Hall–Kier alpha value is -2.88. The lowest BCUT2D eigenvalue weighted by molar-refractivity contribution is -0.119. The third-order valence-corrected chi connectivity index (χ3v) is 4.09. The Morgan fingerprint density at radius 1 is 1.07 bits per heavy atom. The number of halogens is 3. The predicted molar refractivity (Wildman–Crippen MR) is 90.2 cm³/mol. The molecule has 0 bridgehead atoms. The van der Waals surface area contributed by atoms with Crippen LogP contribution in [0.15, 0.2) is 36.4 Å². The molecule has 2 aromatic carbocycles. The summed E-state index contributed by atoms with van der Waals surface area (Å²) in [7, 11) is -3.30. The smallest absolute Gasteiger partial charge is 0.338 e. The maximum Gasteiger partial charge on any atom is 0.338 e. The quantitative estimate of drug-likeness (QED) is 0.593. The van der Waals surface area contributed by atoms with Crippen LogP contribution in [-0.4, -0.2) is 33.2 Å². The summed E-state index contributed by atoms with van der Waals surface area (Å²) in [6.07, 6.45) is 1.04. The second kappa shape index (κ2) is 8.21. The monoisotopic (exact) mass is 401 g/mol. The van der Waals surface area contributed by atoms with E-state index >= 15 is 0 Å². The summed E-state index contributed by atoms with van der Waals surface area (Å²) in [4.78, 5) is 23.7. The highest BCUT2D eigenvalue weighted by Gasteiger charge is 2.17. The summed E-state index contributed by atoms with van der Waals surface area (Å²) >= 11 is 0. The van der Waals surface area contributed by atoms with E-state index in [4.69, 9.17) is 4.74 Å². The molecule has 0 saturated carbocycles. The normalized spacial score (nSPS) is 11.1. The van der Waals surface area contributed by atoms with Crippen LogP contribution in [-0.2, 0) is 25.1 Å². The van der Waals surface area contributed by atoms with Crippen molar-refractivity contribution in [3.8, 4) is 0 Å². The number of esters is 1. The van der Waals surface area contributed by atoms with E-state index < -0.39 is 51.5 Å². The van der Waals surface area contributed by atoms with Gasteiger partial charge in [-0.1, -0.05) is 12.1 Å². The van der Waals surface area contributed by atoms with Crippen LogP contribution in [0.25, 0.3) is 0 Å². The molecular formula is C17H14F3NO5S. The first-order valence-corrected chi connectivity index (χ1v) is 9.50. The number of ether oxygens (including phenoxy) is 1. The van der Waals surface area contributed by atoms with Gasteiger partial charge in [-0.15, -0.1) is 0 Å². The van der Waals surface area contributed by atoms with Gasteiger partial charge in [0.1, 0.15) is 0 Å². The number of hydrogen-bond acceptors (Lipinski definition) is 5. The van der Waals surface area contributed by atoms with Gasteiger partial charge < -0.3 is 10.1 Å². The van der Waals surface area contributed by atoms with Crippen molar-refractivity contribution >= 4 is 27.4 Å². The Kier molecular flexibility index (Phi) is 6.21. The van der Waals surface area contributed by atoms with Gasteiger partial charge in [-0.25, -0.2) is 26.4 Å². The fraction of sp³-hybridized carbons (Fsp3) is 0.176. The molecule has 0 atom stereocenters. The largest absolute Gasteiger partial charge is 0.452 e.